The standard InChI is InChI=1S/C11H14N4S/c1-2-8(9-4-3-7-16-9)14-10-5-6-13-11(12)15-10/h3-8H,2H2,1H3,(H3,12,13,14,15). The van der Waals surface area contributed by atoms with E-state index in [0.717, 1.165) is 12.2 Å². The first-order valence-electron chi connectivity index (χ1n) is 5.18. The van der Waals surface area contributed by atoms with E-state index in [1.54, 1.807) is 17.5 Å². The van der Waals surface area contributed by atoms with Gasteiger partial charge in [0.2, 0.25) is 5.95 Å². The maximum atomic E-state index is 5.53. The highest BCUT2D eigenvalue weighted by atomic mass is 32.1. The SMILES string of the molecule is CCC(Nc1ccnc(N)n1)c1cccs1. The molecule has 2 heterocycles. The molecule has 0 amide bonds. The second-order valence-corrected chi connectivity index (χ2v) is 4.40. The summed E-state index contributed by atoms with van der Waals surface area (Å²) >= 11 is 1.74. The normalized spacial score (nSPS) is 12.3. The minimum atomic E-state index is 0.286. The highest BCUT2D eigenvalue weighted by molar-refractivity contribution is 7.10. The van der Waals surface area contributed by atoms with Crippen LogP contribution in [0.1, 0.15) is 24.3 Å². The average molecular weight is 234 g/mol. The van der Waals surface area contributed by atoms with Crippen molar-refractivity contribution in [1.82, 2.24) is 9.97 Å². The largest absolute Gasteiger partial charge is 0.368 e. The van der Waals surface area contributed by atoms with E-state index >= 15 is 0 Å². The van der Waals surface area contributed by atoms with Gasteiger partial charge in [0.1, 0.15) is 5.82 Å². The maximum absolute atomic E-state index is 5.53. The lowest BCUT2D eigenvalue weighted by atomic mass is 10.2. The Labute approximate surface area is 98.6 Å². The van der Waals surface area contributed by atoms with Crippen LogP contribution in [0, 0.1) is 0 Å². The van der Waals surface area contributed by atoms with Gasteiger partial charge in [0.25, 0.3) is 0 Å². The first-order chi connectivity index (χ1) is 7.79. The Balaban J connectivity index is 2.13. The molecule has 1 unspecified atom stereocenters. The van der Waals surface area contributed by atoms with Gasteiger partial charge in [0.15, 0.2) is 0 Å². The van der Waals surface area contributed by atoms with Gasteiger partial charge in [-0.1, -0.05) is 13.0 Å². The van der Waals surface area contributed by atoms with Crippen LogP contribution in [0.25, 0.3) is 0 Å². The molecule has 84 valence electrons. The molecule has 2 aromatic rings. The van der Waals surface area contributed by atoms with Gasteiger partial charge in [0, 0.05) is 11.1 Å². The summed E-state index contributed by atoms with van der Waals surface area (Å²) in [7, 11) is 0. The second kappa shape index (κ2) is 4.94. The van der Waals surface area contributed by atoms with Gasteiger partial charge in [-0.15, -0.1) is 11.3 Å². The van der Waals surface area contributed by atoms with Crippen LogP contribution in [-0.2, 0) is 0 Å². The van der Waals surface area contributed by atoms with Crippen LogP contribution < -0.4 is 11.1 Å². The number of nitrogens with one attached hydrogen (secondary N) is 1. The average Bonchev–Trinajstić information content (AvgIpc) is 2.79. The van der Waals surface area contributed by atoms with Crippen LogP contribution in [0.4, 0.5) is 11.8 Å². The van der Waals surface area contributed by atoms with Crippen LogP contribution in [0.3, 0.4) is 0 Å². The molecule has 2 rings (SSSR count). The molecule has 2 aromatic heterocycles. The lowest BCUT2D eigenvalue weighted by Gasteiger charge is -2.15. The summed E-state index contributed by atoms with van der Waals surface area (Å²) in [5, 5.41) is 5.43. The van der Waals surface area contributed by atoms with Crippen molar-refractivity contribution in [1.29, 1.82) is 0 Å². The molecule has 3 N–H and O–H groups in total. The molecular formula is C11H14N4S. The van der Waals surface area contributed by atoms with Gasteiger partial charge >= 0.3 is 0 Å². The third-order valence-electron chi connectivity index (χ3n) is 2.29. The van der Waals surface area contributed by atoms with Crippen LogP contribution in [0.15, 0.2) is 29.8 Å². The Kier molecular flexibility index (Phi) is 3.36. The second-order valence-electron chi connectivity index (χ2n) is 3.42. The molecule has 0 aliphatic heterocycles. The number of thiophene rings is 1. The number of hydrogen-bond donors (Lipinski definition) is 2. The van der Waals surface area contributed by atoms with E-state index in [1.807, 2.05) is 6.07 Å². The Hall–Kier alpha value is -1.62. The van der Waals surface area contributed by atoms with E-state index in [9.17, 15) is 0 Å². The Bertz CT molecular complexity index is 441. The lowest BCUT2D eigenvalue weighted by Crippen LogP contribution is -2.10. The number of hydrogen-bond acceptors (Lipinski definition) is 5. The molecule has 0 fully saturated rings. The van der Waals surface area contributed by atoms with Crippen LogP contribution >= 0.6 is 11.3 Å². The van der Waals surface area contributed by atoms with Crippen molar-refractivity contribution in [3.8, 4) is 0 Å². The number of nitrogens with zero attached hydrogens (tertiary/aromatic N) is 2. The van der Waals surface area contributed by atoms with Crippen molar-refractivity contribution in [2.45, 2.75) is 19.4 Å². The molecule has 0 aromatic carbocycles. The fourth-order valence-corrected chi connectivity index (χ4v) is 2.36. The van der Waals surface area contributed by atoms with Gasteiger partial charge in [0.05, 0.1) is 6.04 Å². The Morgan fingerprint density at radius 2 is 2.38 bits per heavy atom. The topological polar surface area (TPSA) is 63.8 Å². The highest BCUT2D eigenvalue weighted by Crippen LogP contribution is 2.25. The summed E-state index contributed by atoms with van der Waals surface area (Å²) in [6, 6.07) is 6.29. The third-order valence-corrected chi connectivity index (χ3v) is 3.28. The zero-order valence-electron chi connectivity index (χ0n) is 9.05. The molecule has 4 nitrogen and oxygen atoms in total. The summed E-state index contributed by atoms with van der Waals surface area (Å²) in [5.41, 5.74) is 5.53. The third kappa shape index (κ3) is 2.49. The number of nitrogen functional groups attached to an aromatic ring is 1. The zero-order valence-corrected chi connectivity index (χ0v) is 9.87. The monoisotopic (exact) mass is 234 g/mol. The number of anilines is 2. The van der Waals surface area contributed by atoms with E-state index in [0.29, 0.717) is 5.95 Å². The molecule has 0 bridgehead atoms. The van der Waals surface area contributed by atoms with Crippen LogP contribution in [0.2, 0.25) is 0 Å². The van der Waals surface area contributed by atoms with Crippen molar-refractivity contribution in [2.24, 2.45) is 0 Å². The van der Waals surface area contributed by atoms with Crippen molar-refractivity contribution in [3.63, 3.8) is 0 Å². The molecule has 0 aliphatic rings. The van der Waals surface area contributed by atoms with Crippen molar-refractivity contribution in [3.05, 3.63) is 34.7 Å². The lowest BCUT2D eigenvalue weighted by molar-refractivity contribution is 0.758. The predicted octanol–water partition coefficient (Wildman–Crippen LogP) is 2.68. The van der Waals surface area contributed by atoms with Gasteiger partial charge in [-0.05, 0) is 23.9 Å². The summed E-state index contributed by atoms with van der Waals surface area (Å²) in [6.07, 6.45) is 2.66. The number of nitrogens with two attached hydrogens (primary N) is 1. The number of rotatable bonds is 4. The van der Waals surface area contributed by atoms with Gasteiger partial charge in [-0.3, -0.25) is 0 Å². The molecule has 0 spiro atoms. The van der Waals surface area contributed by atoms with Crippen LogP contribution in [0.5, 0.6) is 0 Å². The molecule has 1 atom stereocenters. The maximum Gasteiger partial charge on any atom is 0.221 e. The smallest absolute Gasteiger partial charge is 0.221 e. The van der Waals surface area contributed by atoms with Gasteiger partial charge in [-0.25, -0.2) is 4.98 Å². The summed E-state index contributed by atoms with van der Waals surface area (Å²) in [4.78, 5) is 9.30. The van der Waals surface area contributed by atoms with Crippen molar-refractivity contribution in [2.75, 3.05) is 11.1 Å². The minimum absolute atomic E-state index is 0.286. The fourth-order valence-electron chi connectivity index (χ4n) is 1.50. The van der Waals surface area contributed by atoms with E-state index in [4.69, 9.17) is 5.73 Å². The first-order valence-corrected chi connectivity index (χ1v) is 6.06. The summed E-state index contributed by atoms with van der Waals surface area (Å²) in [6.45, 7) is 2.14. The molecule has 0 saturated heterocycles. The predicted molar refractivity (Wildman–Crippen MR) is 67.4 cm³/mol. The molecule has 0 aliphatic carbocycles. The Morgan fingerprint density at radius 1 is 1.50 bits per heavy atom. The summed E-state index contributed by atoms with van der Waals surface area (Å²) in [5.74, 6) is 1.07. The minimum Gasteiger partial charge on any atom is -0.368 e. The van der Waals surface area contributed by atoms with Crippen LogP contribution in [-0.4, -0.2) is 9.97 Å². The molecule has 0 radical (unpaired) electrons. The highest BCUT2D eigenvalue weighted by Gasteiger charge is 2.10. The quantitative estimate of drug-likeness (QED) is 0.853. The van der Waals surface area contributed by atoms with E-state index in [1.165, 1.54) is 4.88 Å². The van der Waals surface area contributed by atoms with E-state index < -0.39 is 0 Å². The van der Waals surface area contributed by atoms with Crippen molar-refractivity contribution >= 4 is 23.1 Å². The van der Waals surface area contributed by atoms with E-state index in [2.05, 4.69) is 39.7 Å². The van der Waals surface area contributed by atoms with E-state index in [-0.39, 0.29) is 6.04 Å². The molecule has 16 heavy (non-hydrogen) atoms. The van der Waals surface area contributed by atoms with Gasteiger partial charge in [-0.2, -0.15) is 4.98 Å². The summed E-state index contributed by atoms with van der Waals surface area (Å²) < 4.78 is 0. The molecule has 5 heteroatoms. The zero-order chi connectivity index (χ0) is 11.4. The number of aromatic nitrogens is 2. The van der Waals surface area contributed by atoms with Gasteiger partial charge < -0.3 is 11.1 Å². The Morgan fingerprint density at radius 3 is 3.00 bits per heavy atom. The molecular weight excluding hydrogens is 220 g/mol. The first kappa shape index (κ1) is 10.9. The van der Waals surface area contributed by atoms with Crippen molar-refractivity contribution < 1.29 is 0 Å². The molecule has 0 saturated carbocycles. The fraction of sp³-hybridized carbons (Fsp3) is 0.273.